The molecule has 19 heavy (non-hydrogen) atoms. The monoisotopic (exact) mass is 255 g/mol. The van der Waals surface area contributed by atoms with Crippen molar-refractivity contribution < 1.29 is 9.53 Å². The molecule has 0 saturated heterocycles. The van der Waals surface area contributed by atoms with Crippen LogP contribution in [0.5, 0.6) is 5.75 Å². The van der Waals surface area contributed by atoms with Gasteiger partial charge in [0.05, 0.1) is 11.9 Å². The Kier molecular flexibility index (Phi) is 2.79. The summed E-state index contributed by atoms with van der Waals surface area (Å²) in [4.78, 5) is 10.6. The van der Waals surface area contributed by atoms with Crippen molar-refractivity contribution >= 4 is 18.2 Å². The number of amides is 1. The normalized spacial score (nSPS) is 12.7. The molecule has 0 fully saturated rings. The zero-order chi connectivity index (χ0) is 13.2. The van der Waals surface area contributed by atoms with E-state index >= 15 is 0 Å². The quantitative estimate of drug-likeness (QED) is 0.854. The topological polar surface area (TPSA) is 56.2 Å². The SMILES string of the molecule is Cn1cc(-c2ccc(NC=O)c3c2OCC=C3)cn1. The predicted molar refractivity (Wildman–Crippen MR) is 72.9 cm³/mol. The van der Waals surface area contributed by atoms with E-state index in [1.807, 2.05) is 37.5 Å². The molecule has 0 radical (unpaired) electrons. The second-order valence-electron chi connectivity index (χ2n) is 4.28. The van der Waals surface area contributed by atoms with Crippen LogP contribution in [0.3, 0.4) is 0 Å². The number of anilines is 1. The number of carbonyl (C=O) groups excluding carboxylic acids is 1. The zero-order valence-electron chi connectivity index (χ0n) is 10.5. The molecule has 2 aromatic rings. The molecule has 0 unspecified atom stereocenters. The van der Waals surface area contributed by atoms with E-state index in [1.54, 1.807) is 10.9 Å². The summed E-state index contributed by atoms with van der Waals surface area (Å²) in [5.41, 5.74) is 3.60. The number of ether oxygens (including phenoxy) is 1. The lowest BCUT2D eigenvalue weighted by Crippen LogP contribution is -2.05. The summed E-state index contributed by atoms with van der Waals surface area (Å²) in [5, 5.41) is 6.86. The minimum Gasteiger partial charge on any atom is -0.488 e. The van der Waals surface area contributed by atoms with E-state index in [2.05, 4.69) is 10.4 Å². The number of hydrogen-bond donors (Lipinski definition) is 1. The number of aryl methyl sites for hydroxylation is 1. The maximum absolute atomic E-state index is 10.6. The van der Waals surface area contributed by atoms with Crippen molar-refractivity contribution in [2.75, 3.05) is 11.9 Å². The van der Waals surface area contributed by atoms with Crippen molar-refractivity contribution in [1.29, 1.82) is 0 Å². The highest BCUT2D eigenvalue weighted by Crippen LogP contribution is 2.39. The molecule has 1 N–H and O–H groups in total. The molecule has 5 heteroatoms. The van der Waals surface area contributed by atoms with E-state index in [4.69, 9.17) is 4.74 Å². The summed E-state index contributed by atoms with van der Waals surface area (Å²) in [5.74, 6) is 0.780. The third-order valence-corrected chi connectivity index (χ3v) is 3.03. The van der Waals surface area contributed by atoms with Crippen molar-refractivity contribution in [3.63, 3.8) is 0 Å². The standard InChI is InChI=1S/C14H13N3O2/c1-17-8-10(7-16-17)11-4-5-13(15-9-18)12-3-2-6-19-14(11)12/h2-5,7-9H,6H2,1H3,(H,15,18). The van der Waals surface area contributed by atoms with Crippen molar-refractivity contribution in [3.8, 4) is 16.9 Å². The van der Waals surface area contributed by atoms with Crippen LogP contribution in [0.1, 0.15) is 5.56 Å². The first kappa shape index (κ1) is 11.5. The maximum atomic E-state index is 10.6. The van der Waals surface area contributed by atoms with Crippen molar-refractivity contribution in [3.05, 3.63) is 36.2 Å². The highest BCUT2D eigenvalue weighted by Gasteiger charge is 2.17. The number of hydrogen-bond acceptors (Lipinski definition) is 3. The van der Waals surface area contributed by atoms with Gasteiger partial charge < -0.3 is 10.1 Å². The summed E-state index contributed by atoms with van der Waals surface area (Å²) in [6.07, 6.45) is 8.28. The van der Waals surface area contributed by atoms with Crippen LogP contribution in [-0.2, 0) is 11.8 Å². The van der Waals surface area contributed by atoms with E-state index < -0.39 is 0 Å². The first-order valence-corrected chi connectivity index (χ1v) is 5.95. The summed E-state index contributed by atoms with van der Waals surface area (Å²) in [7, 11) is 1.87. The van der Waals surface area contributed by atoms with Crippen molar-refractivity contribution in [2.24, 2.45) is 7.05 Å². The van der Waals surface area contributed by atoms with Gasteiger partial charge in [-0.15, -0.1) is 0 Å². The molecule has 0 spiro atoms. The third-order valence-electron chi connectivity index (χ3n) is 3.03. The Balaban J connectivity index is 2.17. The van der Waals surface area contributed by atoms with Gasteiger partial charge in [-0.25, -0.2) is 0 Å². The summed E-state index contributed by atoms with van der Waals surface area (Å²) >= 11 is 0. The molecule has 1 aromatic carbocycles. The van der Waals surface area contributed by atoms with Gasteiger partial charge in [0.2, 0.25) is 6.41 Å². The molecule has 1 aliphatic heterocycles. The summed E-state index contributed by atoms with van der Waals surface area (Å²) in [6, 6.07) is 3.80. The molecular formula is C14H13N3O2. The highest BCUT2D eigenvalue weighted by atomic mass is 16.5. The largest absolute Gasteiger partial charge is 0.488 e. The predicted octanol–water partition coefficient (Wildman–Crippen LogP) is 2.06. The van der Waals surface area contributed by atoms with Crippen LogP contribution in [0.15, 0.2) is 30.6 Å². The second kappa shape index (κ2) is 4.61. The van der Waals surface area contributed by atoms with E-state index in [1.165, 1.54) is 0 Å². The van der Waals surface area contributed by atoms with Crippen LogP contribution in [0.25, 0.3) is 17.2 Å². The maximum Gasteiger partial charge on any atom is 0.211 e. The number of nitrogens with zero attached hydrogens (tertiary/aromatic N) is 2. The Morgan fingerprint density at radius 2 is 2.37 bits per heavy atom. The van der Waals surface area contributed by atoms with Gasteiger partial charge in [0.15, 0.2) is 0 Å². The molecule has 1 amide bonds. The van der Waals surface area contributed by atoms with Crippen LogP contribution < -0.4 is 10.1 Å². The second-order valence-corrected chi connectivity index (χ2v) is 4.28. The number of carbonyl (C=O) groups is 1. The molecule has 96 valence electrons. The van der Waals surface area contributed by atoms with Crippen molar-refractivity contribution in [1.82, 2.24) is 9.78 Å². The number of rotatable bonds is 3. The van der Waals surface area contributed by atoms with Gasteiger partial charge in [-0.3, -0.25) is 9.48 Å². The first-order chi connectivity index (χ1) is 9.29. The average molecular weight is 255 g/mol. The zero-order valence-corrected chi connectivity index (χ0v) is 10.5. The van der Waals surface area contributed by atoms with Gasteiger partial charge in [-0.2, -0.15) is 5.10 Å². The van der Waals surface area contributed by atoms with Crippen LogP contribution in [0.4, 0.5) is 5.69 Å². The molecular weight excluding hydrogens is 242 g/mol. The Labute approximate surface area is 110 Å². The van der Waals surface area contributed by atoms with E-state index in [0.29, 0.717) is 13.0 Å². The van der Waals surface area contributed by atoms with Crippen LogP contribution >= 0.6 is 0 Å². The van der Waals surface area contributed by atoms with Crippen LogP contribution in [-0.4, -0.2) is 22.8 Å². The smallest absolute Gasteiger partial charge is 0.211 e. The molecule has 1 aliphatic rings. The molecule has 0 aliphatic carbocycles. The lowest BCUT2D eigenvalue weighted by Gasteiger charge is -2.18. The molecule has 1 aromatic heterocycles. The van der Waals surface area contributed by atoms with E-state index in [-0.39, 0.29) is 0 Å². The fourth-order valence-electron chi connectivity index (χ4n) is 2.19. The van der Waals surface area contributed by atoms with Gasteiger partial charge in [-0.1, -0.05) is 0 Å². The average Bonchev–Trinajstić information content (AvgIpc) is 2.86. The fourth-order valence-corrected chi connectivity index (χ4v) is 2.19. The van der Waals surface area contributed by atoms with Gasteiger partial charge >= 0.3 is 0 Å². The third kappa shape index (κ3) is 1.99. The number of benzene rings is 1. The number of aromatic nitrogens is 2. The molecule has 2 heterocycles. The minimum atomic E-state index is 0.533. The lowest BCUT2D eigenvalue weighted by atomic mass is 10.0. The van der Waals surface area contributed by atoms with Gasteiger partial charge in [-0.05, 0) is 24.3 Å². The van der Waals surface area contributed by atoms with Crippen LogP contribution in [0.2, 0.25) is 0 Å². The van der Waals surface area contributed by atoms with Gasteiger partial charge in [0, 0.05) is 29.9 Å². The Morgan fingerprint density at radius 3 is 3.11 bits per heavy atom. The fraction of sp³-hybridized carbons (Fsp3) is 0.143. The minimum absolute atomic E-state index is 0.533. The molecule has 3 rings (SSSR count). The summed E-state index contributed by atoms with van der Waals surface area (Å²) in [6.45, 7) is 0.533. The number of fused-ring (bicyclic) bond motifs is 1. The Bertz CT molecular complexity index is 659. The van der Waals surface area contributed by atoms with Gasteiger partial charge in [0.25, 0.3) is 0 Å². The van der Waals surface area contributed by atoms with Crippen molar-refractivity contribution in [2.45, 2.75) is 0 Å². The Hall–Kier alpha value is -2.56. The highest BCUT2D eigenvalue weighted by molar-refractivity contribution is 5.87. The molecule has 5 nitrogen and oxygen atoms in total. The van der Waals surface area contributed by atoms with Gasteiger partial charge in [0.1, 0.15) is 12.4 Å². The summed E-state index contributed by atoms with van der Waals surface area (Å²) < 4.78 is 7.47. The Morgan fingerprint density at radius 1 is 1.47 bits per heavy atom. The van der Waals surface area contributed by atoms with E-state index in [0.717, 1.165) is 28.1 Å². The molecule has 0 bridgehead atoms. The molecule has 0 saturated carbocycles. The number of nitrogens with one attached hydrogen (secondary N) is 1. The lowest BCUT2D eigenvalue weighted by molar-refractivity contribution is -0.105. The molecule has 0 atom stereocenters. The van der Waals surface area contributed by atoms with E-state index in [9.17, 15) is 4.79 Å². The first-order valence-electron chi connectivity index (χ1n) is 5.95. The van der Waals surface area contributed by atoms with Crippen LogP contribution in [0, 0.1) is 0 Å².